The summed E-state index contributed by atoms with van der Waals surface area (Å²) in [7, 11) is 2.90. The number of alkyl halides is 1. The molecule has 1 fully saturated rings. The maximum absolute atomic E-state index is 13.6. The van der Waals surface area contributed by atoms with Gasteiger partial charge in [0.25, 0.3) is 5.56 Å². The van der Waals surface area contributed by atoms with E-state index in [2.05, 4.69) is 25.0 Å². The average molecular weight is 490 g/mol. The maximum Gasteiger partial charge on any atom is 0.412 e. The van der Waals surface area contributed by atoms with E-state index in [9.17, 15) is 14.0 Å². The molecule has 0 saturated carbocycles. The Kier molecular flexibility index (Phi) is 6.19. The second kappa shape index (κ2) is 9.61. The molecule has 1 saturated heterocycles. The van der Waals surface area contributed by atoms with E-state index >= 15 is 0 Å². The molecule has 0 radical (unpaired) electrons. The van der Waals surface area contributed by atoms with E-state index in [1.807, 2.05) is 12.1 Å². The molecule has 0 spiro atoms. The minimum Gasteiger partial charge on any atom is -0.457 e. The summed E-state index contributed by atoms with van der Waals surface area (Å²) in [6, 6.07) is 12.2. The number of rotatable bonds is 5. The normalized spacial score (nSPS) is 15.2. The predicted molar refractivity (Wildman–Crippen MR) is 132 cm³/mol. The van der Waals surface area contributed by atoms with Crippen LogP contribution in [-0.2, 0) is 11.8 Å². The summed E-state index contributed by atoms with van der Waals surface area (Å²) in [6.45, 7) is 0.767. The smallest absolute Gasteiger partial charge is 0.412 e. The number of carbonyl (C=O) groups is 1. The molecule has 11 heteroatoms. The summed E-state index contributed by atoms with van der Waals surface area (Å²) >= 11 is 0. The predicted octanol–water partition coefficient (Wildman–Crippen LogP) is 3.91. The molecule has 0 aliphatic carbocycles. The van der Waals surface area contributed by atoms with Crippen LogP contribution in [0.3, 0.4) is 0 Å². The second-order valence-electron chi connectivity index (χ2n) is 8.31. The molecule has 5 rings (SSSR count). The Morgan fingerprint density at radius 1 is 1.14 bits per heavy atom. The van der Waals surface area contributed by atoms with Crippen LogP contribution in [0.2, 0.25) is 0 Å². The number of carbonyl (C=O) groups excluding carboxylic acids is 1. The van der Waals surface area contributed by atoms with E-state index in [-0.39, 0.29) is 12.1 Å². The minimum absolute atomic E-state index is 0.237. The summed E-state index contributed by atoms with van der Waals surface area (Å²) in [6.07, 6.45) is 1.90. The monoisotopic (exact) mass is 490 g/mol. The number of amides is 1. The topological polar surface area (TPSA) is 111 Å². The van der Waals surface area contributed by atoms with Crippen LogP contribution in [0.15, 0.2) is 59.7 Å². The van der Waals surface area contributed by atoms with E-state index < -0.39 is 12.3 Å². The van der Waals surface area contributed by atoms with Gasteiger partial charge in [-0.15, -0.1) is 0 Å². The number of halogens is 1. The third-order valence-electron chi connectivity index (χ3n) is 5.88. The number of anilines is 2. The van der Waals surface area contributed by atoms with Crippen LogP contribution >= 0.6 is 0 Å². The second-order valence-corrected chi connectivity index (χ2v) is 8.31. The lowest BCUT2D eigenvalue weighted by Gasteiger charge is -2.19. The van der Waals surface area contributed by atoms with E-state index in [0.29, 0.717) is 53.0 Å². The number of methoxy groups -OCH3 is 1. The molecule has 1 aromatic carbocycles. The van der Waals surface area contributed by atoms with Crippen molar-refractivity contribution < 1.29 is 18.7 Å². The summed E-state index contributed by atoms with van der Waals surface area (Å²) in [5.74, 6) is 1.78. The largest absolute Gasteiger partial charge is 0.457 e. The molecule has 4 aromatic rings. The van der Waals surface area contributed by atoms with Crippen molar-refractivity contribution in [2.75, 3.05) is 30.4 Å². The van der Waals surface area contributed by atoms with E-state index in [1.165, 1.54) is 24.1 Å². The zero-order valence-corrected chi connectivity index (χ0v) is 19.6. The molecule has 1 amide bonds. The van der Waals surface area contributed by atoms with Crippen molar-refractivity contribution in [1.29, 1.82) is 0 Å². The summed E-state index contributed by atoms with van der Waals surface area (Å²) in [4.78, 5) is 39.3. The van der Waals surface area contributed by atoms with Gasteiger partial charge in [-0.05, 0) is 36.8 Å². The zero-order chi connectivity index (χ0) is 25.2. The number of benzene rings is 1. The number of nitrogens with one attached hydrogen (secondary N) is 1. The van der Waals surface area contributed by atoms with Gasteiger partial charge in [0.2, 0.25) is 5.95 Å². The highest BCUT2D eigenvalue weighted by Crippen LogP contribution is 2.28. The van der Waals surface area contributed by atoms with E-state index in [0.717, 1.165) is 5.39 Å². The van der Waals surface area contributed by atoms with Gasteiger partial charge in [0.15, 0.2) is 0 Å². The van der Waals surface area contributed by atoms with Crippen molar-refractivity contribution in [3.05, 3.63) is 65.2 Å². The van der Waals surface area contributed by atoms with Gasteiger partial charge in [-0.2, -0.15) is 0 Å². The fraction of sp³-hybridized carbons (Fsp3) is 0.240. The maximum atomic E-state index is 13.6. The summed E-state index contributed by atoms with van der Waals surface area (Å²) < 4.78 is 25.5. The van der Waals surface area contributed by atoms with Crippen molar-refractivity contribution in [3.63, 3.8) is 0 Å². The number of ether oxygens (including phenoxy) is 2. The van der Waals surface area contributed by atoms with Crippen LogP contribution in [0.1, 0.15) is 6.42 Å². The van der Waals surface area contributed by atoms with Gasteiger partial charge in [0.05, 0.1) is 30.4 Å². The first-order valence-corrected chi connectivity index (χ1v) is 11.3. The Morgan fingerprint density at radius 2 is 1.97 bits per heavy atom. The summed E-state index contributed by atoms with van der Waals surface area (Å²) in [5, 5.41) is 3.30. The first kappa shape index (κ1) is 23.2. The van der Waals surface area contributed by atoms with Crippen molar-refractivity contribution in [1.82, 2.24) is 19.5 Å². The third kappa shape index (κ3) is 4.67. The number of nitrogens with zero attached hydrogens (tertiary/aromatic N) is 5. The molecule has 1 N–H and O–H groups in total. The number of aromatic nitrogens is 4. The Balaban J connectivity index is 1.38. The molecule has 3 aromatic heterocycles. The number of hydrogen-bond acceptors (Lipinski definition) is 8. The highest BCUT2D eigenvalue weighted by molar-refractivity contribution is 5.84. The van der Waals surface area contributed by atoms with Crippen LogP contribution in [0.25, 0.3) is 22.2 Å². The van der Waals surface area contributed by atoms with Crippen molar-refractivity contribution in [2.45, 2.75) is 12.6 Å². The van der Waals surface area contributed by atoms with Gasteiger partial charge in [0.1, 0.15) is 23.5 Å². The molecule has 184 valence electrons. The SMILES string of the molecule is COC(=O)Nc1cc(Oc2ccc3nc(-c4cnc(N5CC[C@H](F)C5)n(C)c4=O)ccc3c2)ccn1. The fourth-order valence-electron chi connectivity index (χ4n) is 4.06. The van der Waals surface area contributed by atoms with Gasteiger partial charge < -0.3 is 14.4 Å². The lowest BCUT2D eigenvalue weighted by molar-refractivity contribution is 0.187. The quantitative estimate of drug-likeness (QED) is 0.448. The average Bonchev–Trinajstić information content (AvgIpc) is 3.31. The minimum atomic E-state index is -0.908. The van der Waals surface area contributed by atoms with Crippen molar-refractivity contribution in [3.8, 4) is 22.8 Å². The van der Waals surface area contributed by atoms with Gasteiger partial charge in [-0.3, -0.25) is 14.7 Å². The molecule has 10 nitrogen and oxygen atoms in total. The van der Waals surface area contributed by atoms with E-state index in [4.69, 9.17) is 4.74 Å². The Labute approximate surface area is 205 Å². The lowest BCUT2D eigenvalue weighted by atomic mass is 10.1. The van der Waals surface area contributed by atoms with Crippen LogP contribution in [0, 0.1) is 0 Å². The van der Waals surface area contributed by atoms with Crippen LogP contribution in [0.5, 0.6) is 11.5 Å². The molecule has 1 aliphatic rings. The Morgan fingerprint density at radius 3 is 2.75 bits per heavy atom. The highest BCUT2D eigenvalue weighted by Gasteiger charge is 2.25. The first-order valence-electron chi connectivity index (χ1n) is 11.3. The highest BCUT2D eigenvalue weighted by atomic mass is 19.1. The molecule has 36 heavy (non-hydrogen) atoms. The van der Waals surface area contributed by atoms with Gasteiger partial charge in [-0.1, -0.05) is 6.07 Å². The fourth-order valence-corrected chi connectivity index (χ4v) is 4.06. The van der Waals surface area contributed by atoms with Crippen LogP contribution < -0.4 is 20.5 Å². The van der Waals surface area contributed by atoms with Crippen molar-refractivity contribution in [2.24, 2.45) is 7.05 Å². The van der Waals surface area contributed by atoms with Gasteiger partial charge >= 0.3 is 6.09 Å². The molecule has 1 aliphatic heterocycles. The van der Waals surface area contributed by atoms with Crippen LogP contribution in [-0.4, -0.2) is 52.0 Å². The Bertz CT molecular complexity index is 1510. The van der Waals surface area contributed by atoms with Gasteiger partial charge in [-0.25, -0.2) is 24.1 Å². The molecule has 0 bridgehead atoms. The number of fused-ring (bicyclic) bond motifs is 1. The summed E-state index contributed by atoms with van der Waals surface area (Å²) in [5.41, 5.74) is 1.28. The Hall–Kier alpha value is -4.54. The number of hydrogen-bond donors (Lipinski definition) is 1. The van der Waals surface area contributed by atoms with Crippen LogP contribution in [0.4, 0.5) is 21.0 Å². The van der Waals surface area contributed by atoms with Crippen molar-refractivity contribution >= 4 is 28.8 Å². The molecular weight excluding hydrogens is 467 g/mol. The molecule has 0 unspecified atom stereocenters. The van der Waals surface area contributed by atoms with E-state index in [1.54, 1.807) is 42.3 Å². The first-order chi connectivity index (χ1) is 17.4. The molecular formula is C25H23FN6O4. The standard InChI is InChI=1S/C25H23FN6O4/c1-31-23(33)19(13-28-24(31)32-10-8-16(26)14-32)21-5-3-15-11-17(4-6-20(15)29-21)36-18-7-9-27-22(12-18)30-25(34)35-2/h3-7,9,11-13,16H,8,10,14H2,1-2H3,(H,27,30,34)/t16-/m0/s1. The van der Waals surface area contributed by atoms with Gasteiger partial charge in [0, 0.05) is 37.4 Å². The third-order valence-corrected chi connectivity index (χ3v) is 5.88. The number of pyridine rings is 2. The zero-order valence-electron chi connectivity index (χ0n) is 19.6. The molecule has 1 atom stereocenters. The lowest BCUT2D eigenvalue weighted by Crippen LogP contribution is -2.30. The molecule has 4 heterocycles.